The van der Waals surface area contributed by atoms with E-state index in [1.165, 1.54) is 0 Å². The molecule has 5 nitrogen and oxygen atoms in total. The van der Waals surface area contributed by atoms with Crippen molar-refractivity contribution >= 4 is 5.97 Å². The molecule has 0 spiro atoms. The molecule has 3 N–H and O–H groups in total. The van der Waals surface area contributed by atoms with Crippen molar-refractivity contribution in [1.29, 1.82) is 0 Å². The molecule has 0 aliphatic rings. The highest BCUT2D eigenvalue weighted by Crippen LogP contribution is 2.28. The summed E-state index contributed by atoms with van der Waals surface area (Å²) in [7, 11) is 0. The number of aliphatic hydroxyl groups is 2. The summed E-state index contributed by atoms with van der Waals surface area (Å²) in [6, 6.07) is 8.82. The van der Waals surface area contributed by atoms with Gasteiger partial charge in [0.2, 0.25) is 0 Å². The van der Waals surface area contributed by atoms with Gasteiger partial charge in [0, 0.05) is 13.1 Å². The molecule has 0 aliphatic heterocycles. The largest absolute Gasteiger partial charge is 0.480 e. The molecular formula is C13H19NO4. The number of aliphatic carboxylic acids is 1. The molecule has 100 valence electrons. The highest BCUT2D eigenvalue weighted by molar-refractivity contribution is 5.80. The third-order valence-corrected chi connectivity index (χ3v) is 3.12. The molecule has 1 unspecified atom stereocenters. The van der Waals surface area contributed by atoms with Gasteiger partial charge >= 0.3 is 5.97 Å². The van der Waals surface area contributed by atoms with Crippen molar-refractivity contribution in [1.82, 2.24) is 4.90 Å². The summed E-state index contributed by atoms with van der Waals surface area (Å²) in [6.07, 6.45) is 0. The molecule has 0 saturated heterocycles. The minimum absolute atomic E-state index is 0.157. The summed E-state index contributed by atoms with van der Waals surface area (Å²) in [5.41, 5.74) is -0.633. The van der Waals surface area contributed by atoms with E-state index in [1.54, 1.807) is 36.1 Å². The monoisotopic (exact) mass is 253 g/mol. The molecule has 0 aromatic heterocycles. The van der Waals surface area contributed by atoms with Crippen molar-refractivity contribution in [3.63, 3.8) is 0 Å². The Hall–Kier alpha value is -1.43. The molecule has 0 saturated carbocycles. The molecule has 1 aromatic rings. The van der Waals surface area contributed by atoms with E-state index in [2.05, 4.69) is 0 Å². The fourth-order valence-electron chi connectivity index (χ4n) is 2.00. The first-order valence-corrected chi connectivity index (χ1v) is 5.83. The third kappa shape index (κ3) is 2.87. The van der Waals surface area contributed by atoms with E-state index in [-0.39, 0.29) is 26.3 Å². The van der Waals surface area contributed by atoms with E-state index in [0.717, 1.165) is 0 Å². The molecular weight excluding hydrogens is 234 g/mol. The van der Waals surface area contributed by atoms with Crippen molar-refractivity contribution in [3.05, 3.63) is 35.9 Å². The van der Waals surface area contributed by atoms with Crippen molar-refractivity contribution in [2.45, 2.75) is 12.5 Å². The van der Waals surface area contributed by atoms with Gasteiger partial charge in [-0.1, -0.05) is 30.3 Å². The van der Waals surface area contributed by atoms with Crippen LogP contribution in [-0.4, -0.2) is 52.5 Å². The Kier molecular flexibility index (Phi) is 5.27. The molecule has 0 bridgehead atoms. The first-order valence-electron chi connectivity index (χ1n) is 5.83. The second-order valence-electron chi connectivity index (χ2n) is 4.18. The maximum absolute atomic E-state index is 11.6. The molecule has 5 heteroatoms. The Morgan fingerprint density at radius 3 is 2.06 bits per heavy atom. The topological polar surface area (TPSA) is 81.0 Å². The van der Waals surface area contributed by atoms with E-state index in [1.807, 2.05) is 6.07 Å². The minimum atomic E-state index is -1.26. The number of carboxylic acids is 1. The SMILES string of the molecule is CC(C(=O)O)(c1ccccc1)N(CCO)CCO. The standard InChI is InChI=1S/C13H19NO4/c1-13(12(17)18,11-5-3-2-4-6-11)14(7-9-15)8-10-16/h2-6,15-16H,7-10H2,1H3,(H,17,18). The lowest BCUT2D eigenvalue weighted by Gasteiger charge is -2.37. The van der Waals surface area contributed by atoms with Gasteiger partial charge in [0.25, 0.3) is 0 Å². The lowest BCUT2D eigenvalue weighted by atomic mass is 9.90. The molecule has 0 aliphatic carbocycles. The Labute approximate surface area is 106 Å². The number of carboxylic acid groups (broad SMARTS) is 1. The Morgan fingerprint density at radius 2 is 1.67 bits per heavy atom. The number of benzene rings is 1. The van der Waals surface area contributed by atoms with E-state index < -0.39 is 11.5 Å². The van der Waals surface area contributed by atoms with Crippen LogP contribution in [0.15, 0.2) is 30.3 Å². The quantitative estimate of drug-likeness (QED) is 0.650. The summed E-state index contributed by atoms with van der Waals surface area (Å²) in [5, 5.41) is 27.6. The van der Waals surface area contributed by atoms with Crippen LogP contribution < -0.4 is 0 Å². The van der Waals surface area contributed by atoms with Crippen LogP contribution in [0.1, 0.15) is 12.5 Å². The first kappa shape index (κ1) is 14.6. The van der Waals surface area contributed by atoms with E-state index in [9.17, 15) is 9.90 Å². The normalized spacial score (nSPS) is 14.4. The minimum Gasteiger partial charge on any atom is -0.480 e. The van der Waals surface area contributed by atoms with Gasteiger partial charge in [0.15, 0.2) is 0 Å². The van der Waals surface area contributed by atoms with Crippen molar-refractivity contribution in [3.8, 4) is 0 Å². The van der Waals surface area contributed by atoms with Crippen LogP contribution in [0.5, 0.6) is 0 Å². The number of hydrogen-bond acceptors (Lipinski definition) is 4. The zero-order valence-corrected chi connectivity index (χ0v) is 10.4. The first-order chi connectivity index (χ1) is 8.57. The Balaban J connectivity index is 3.16. The van der Waals surface area contributed by atoms with Gasteiger partial charge in [-0.15, -0.1) is 0 Å². The van der Waals surface area contributed by atoms with Gasteiger partial charge in [0.1, 0.15) is 5.54 Å². The van der Waals surface area contributed by atoms with Crippen LogP contribution in [0.25, 0.3) is 0 Å². The number of aliphatic hydroxyl groups excluding tert-OH is 2. The number of carbonyl (C=O) groups is 1. The van der Waals surface area contributed by atoms with Gasteiger partial charge in [-0.05, 0) is 12.5 Å². The summed E-state index contributed by atoms with van der Waals surface area (Å²) in [4.78, 5) is 13.2. The molecule has 1 aromatic carbocycles. The molecule has 0 radical (unpaired) electrons. The summed E-state index contributed by atoms with van der Waals surface area (Å²) < 4.78 is 0. The second-order valence-corrected chi connectivity index (χ2v) is 4.18. The average Bonchev–Trinajstić information content (AvgIpc) is 2.38. The average molecular weight is 253 g/mol. The van der Waals surface area contributed by atoms with Crippen LogP contribution in [-0.2, 0) is 10.3 Å². The van der Waals surface area contributed by atoms with Crippen LogP contribution in [0, 0.1) is 0 Å². The van der Waals surface area contributed by atoms with E-state index in [0.29, 0.717) is 5.56 Å². The maximum Gasteiger partial charge on any atom is 0.328 e. The van der Waals surface area contributed by atoms with Gasteiger partial charge in [0.05, 0.1) is 13.2 Å². The lowest BCUT2D eigenvalue weighted by Crippen LogP contribution is -2.52. The van der Waals surface area contributed by atoms with Crippen molar-refractivity contribution in [2.75, 3.05) is 26.3 Å². The smallest absolute Gasteiger partial charge is 0.328 e. The van der Waals surface area contributed by atoms with Crippen LogP contribution in [0.2, 0.25) is 0 Å². The van der Waals surface area contributed by atoms with Crippen molar-refractivity contribution < 1.29 is 20.1 Å². The molecule has 0 amide bonds. The molecule has 1 rings (SSSR count). The summed E-state index contributed by atoms with van der Waals surface area (Å²) >= 11 is 0. The highest BCUT2D eigenvalue weighted by atomic mass is 16.4. The fourth-order valence-corrected chi connectivity index (χ4v) is 2.00. The van der Waals surface area contributed by atoms with Gasteiger partial charge in [-0.3, -0.25) is 4.90 Å². The zero-order valence-electron chi connectivity index (χ0n) is 10.4. The predicted molar refractivity (Wildman–Crippen MR) is 67.2 cm³/mol. The number of rotatable bonds is 7. The summed E-state index contributed by atoms with van der Waals surface area (Å²) in [6.45, 7) is 1.65. The van der Waals surface area contributed by atoms with Crippen LogP contribution >= 0.6 is 0 Å². The number of nitrogens with zero attached hydrogens (tertiary/aromatic N) is 1. The van der Waals surface area contributed by atoms with Gasteiger partial charge < -0.3 is 15.3 Å². The third-order valence-electron chi connectivity index (χ3n) is 3.12. The van der Waals surface area contributed by atoms with E-state index in [4.69, 9.17) is 10.2 Å². The van der Waals surface area contributed by atoms with Crippen molar-refractivity contribution in [2.24, 2.45) is 0 Å². The number of hydrogen-bond donors (Lipinski definition) is 3. The molecule has 0 heterocycles. The van der Waals surface area contributed by atoms with Crippen LogP contribution in [0.4, 0.5) is 0 Å². The van der Waals surface area contributed by atoms with Gasteiger partial charge in [-0.2, -0.15) is 0 Å². The Bertz CT molecular complexity index is 376. The lowest BCUT2D eigenvalue weighted by molar-refractivity contribution is -0.152. The molecule has 18 heavy (non-hydrogen) atoms. The fraction of sp³-hybridized carbons (Fsp3) is 0.462. The maximum atomic E-state index is 11.6. The van der Waals surface area contributed by atoms with Crippen LogP contribution in [0.3, 0.4) is 0 Å². The second kappa shape index (κ2) is 6.49. The highest BCUT2D eigenvalue weighted by Gasteiger charge is 2.40. The van der Waals surface area contributed by atoms with E-state index >= 15 is 0 Å². The molecule has 0 fully saturated rings. The zero-order chi connectivity index (χ0) is 13.6. The predicted octanol–water partition coefficient (Wildman–Crippen LogP) is 0.273. The Morgan fingerprint density at radius 1 is 1.17 bits per heavy atom. The molecule has 1 atom stereocenters. The van der Waals surface area contributed by atoms with Gasteiger partial charge in [-0.25, -0.2) is 4.79 Å². The summed E-state index contributed by atoms with van der Waals surface area (Å²) in [5.74, 6) is -1.00.